The average molecular weight is 271 g/mol. The summed E-state index contributed by atoms with van der Waals surface area (Å²) in [6.45, 7) is 0. The van der Waals surface area contributed by atoms with Gasteiger partial charge in [0.05, 0.1) is 29.3 Å². The van der Waals surface area contributed by atoms with Crippen molar-refractivity contribution in [3.05, 3.63) is 36.2 Å². The van der Waals surface area contributed by atoms with E-state index in [-0.39, 0.29) is 11.4 Å². The van der Waals surface area contributed by atoms with Crippen molar-refractivity contribution in [2.45, 2.75) is 6.18 Å². The van der Waals surface area contributed by atoms with Gasteiger partial charge in [-0.25, -0.2) is 9.48 Å². The molecule has 6 nitrogen and oxygen atoms in total. The number of anilines is 1. The van der Waals surface area contributed by atoms with Crippen LogP contribution in [0.15, 0.2) is 30.6 Å². The number of carbonyl (C=O) groups is 1. The first kappa shape index (κ1) is 12.9. The van der Waals surface area contributed by atoms with Gasteiger partial charge in [0, 0.05) is 0 Å². The molecule has 0 aliphatic heterocycles. The number of alkyl halides is 3. The molecule has 19 heavy (non-hydrogen) atoms. The van der Waals surface area contributed by atoms with Gasteiger partial charge in [-0.15, -0.1) is 5.10 Å². The standard InChI is InChI=1S/C10H8F3N5O/c11-10(12,13)6-1-2-8(18-4-3-15-17-18)7(5-6)16-9(14)19/h1-5H,(H3,14,16,19). The third-order valence-corrected chi connectivity index (χ3v) is 2.25. The monoisotopic (exact) mass is 271 g/mol. The van der Waals surface area contributed by atoms with Gasteiger partial charge in [0.1, 0.15) is 0 Å². The minimum atomic E-state index is -4.52. The quantitative estimate of drug-likeness (QED) is 0.872. The molecule has 0 saturated heterocycles. The first-order valence-electron chi connectivity index (χ1n) is 5.02. The summed E-state index contributed by atoms with van der Waals surface area (Å²) in [5.41, 5.74) is 4.15. The van der Waals surface area contributed by atoms with E-state index < -0.39 is 17.8 Å². The first-order valence-corrected chi connectivity index (χ1v) is 5.02. The molecule has 2 amide bonds. The number of nitrogens with two attached hydrogens (primary N) is 1. The Morgan fingerprint density at radius 2 is 2.11 bits per heavy atom. The summed E-state index contributed by atoms with van der Waals surface area (Å²) in [6.07, 6.45) is -1.74. The summed E-state index contributed by atoms with van der Waals surface area (Å²) in [4.78, 5) is 10.8. The lowest BCUT2D eigenvalue weighted by Crippen LogP contribution is -2.21. The van der Waals surface area contributed by atoms with Gasteiger partial charge in [0.2, 0.25) is 0 Å². The van der Waals surface area contributed by atoms with Crippen LogP contribution in [-0.2, 0) is 6.18 Å². The highest BCUT2D eigenvalue weighted by Gasteiger charge is 2.31. The van der Waals surface area contributed by atoms with Crippen LogP contribution >= 0.6 is 0 Å². The number of halogens is 3. The van der Waals surface area contributed by atoms with E-state index in [2.05, 4.69) is 15.6 Å². The van der Waals surface area contributed by atoms with Gasteiger partial charge >= 0.3 is 12.2 Å². The average Bonchev–Trinajstić information content (AvgIpc) is 2.80. The second kappa shape index (κ2) is 4.59. The Kier molecular flexibility index (Phi) is 3.11. The van der Waals surface area contributed by atoms with Crippen LogP contribution in [-0.4, -0.2) is 21.0 Å². The van der Waals surface area contributed by atoms with Crippen LogP contribution < -0.4 is 11.1 Å². The molecule has 0 aliphatic carbocycles. The largest absolute Gasteiger partial charge is 0.416 e. The van der Waals surface area contributed by atoms with E-state index in [9.17, 15) is 18.0 Å². The highest BCUT2D eigenvalue weighted by Crippen LogP contribution is 2.33. The number of nitrogens with zero attached hydrogens (tertiary/aromatic N) is 3. The molecule has 3 N–H and O–H groups in total. The van der Waals surface area contributed by atoms with Gasteiger partial charge in [0.25, 0.3) is 0 Å². The molecule has 9 heteroatoms. The van der Waals surface area contributed by atoms with Crippen LogP contribution in [0.3, 0.4) is 0 Å². The Labute approximate surface area is 105 Å². The van der Waals surface area contributed by atoms with Gasteiger partial charge < -0.3 is 11.1 Å². The summed E-state index contributed by atoms with van der Waals surface area (Å²) in [7, 11) is 0. The fourth-order valence-corrected chi connectivity index (χ4v) is 1.48. The SMILES string of the molecule is NC(=O)Nc1cc(C(F)(F)F)ccc1-n1ccnn1. The van der Waals surface area contributed by atoms with Crippen LogP contribution in [0, 0.1) is 0 Å². The van der Waals surface area contributed by atoms with Crippen LogP contribution in [0.1, 0.15) is 5.56 Å². The van der Waals surface area contributed by atoms with Crippen molar-refractivity contribution in [2.75, 3.05) is 5.32 Å². The summed E-state index contributed by atoms with van der Waals surface area (Å²) in [5, 5.41) is 9.30. The Morgan fingerprint density at radius 1 is 1.37 bits per heavy atom. The molecule has 0 unspecified atom stereocenters. The number of carbonyl (C=O) groups excluding carboxylic acids is 1. The number of hydrogen-bond donors (Lipinski definition) is 2. The maximum absolute atomic E-state index is 12.6. The Morgan fingerprint density at radius 3 is 2.63 bits per heavy atom. The Balaban J connectivity index is 2.52. The Bertz CT molecular complexity index is 594. The molecular formula is C10H8F3N5O. The van der Waals surface area contributed by atoms with Crippen molar-refractivity contribution >= 4 is 11.7 Å². The third-order valence-electron chi connectivity index (χ3n) is 2.25. The fourth-order valence-electron chi connectivity index (χ4n) is 1.48. The molecule has 0 spiro atoms. The van der Waals surface area contributed by atoms with Gasteiger partial charge in [-0.2, -0.15) is 13.2 Å². The first-order chi connectivity index (χ1) is 8.88. The number of nitrogens with one attached hydrogen (secondary N) is 1. The molecule has 0 saturated carbocycles. The van der Waals surface area contributed by atoms with Crippen molar-refractivity contribution in [3.63, 3.8) is 0 Å². The molecule has 1 aromatic carbocycles. The van der Waals surface area contributed by atoms with Gasteiger partial charge in [0.15, 0.2) is 0 Å². The van der Waals surface area contributed by atoms with Crippen molar-refractivity contribution in [3.8, 4) is 5.69 Å². The van der Waals surface area contributed by atoms with E-state index in [1.54, 1.807) is 0 Å². The predicted molar refractivity (Wildman–Crippen MR) is 59.6 cm³/mol. The molecule has 0 radical (unpaired) electrons. The van der Waals surface area contributed by atoms with Crippen LogP contribution in [0.4, 0.5) is 23.7 Å². The van der Waals surface area contributed by atoms with E-state index in [0.717, 1.165) is 12.1 Å². The molecule has 2 aromatic rings. The lowest BCUT2D eigenvalue weighted by molar-refractivity contribution is -0.137. The molecule has 100 valence electrons. The molecule has 0 bridgehead atoms. The number of amides is 2. The van der Waals surface area contributed by atoms with E-state index in [1.165, 1.54) is 23.1 Å². The molecule has 1 heterocycles. The summed E-state index contributed by atoms with van der Waals surface area (Å²) >= 11 is 0. The van der Waals surface area contributed by atoms with E-state index in [0.29, 0.717) is 0 Å². The maximum atomic E-state index is 12.6. The highest BCUT2D eigenvalue weighted by molar-refractivity contribution is 5.90. The second-order valence-corrected chi connectivity index (χ2v) is 3.57. The molecular weight excluding hydrogens is 263 g/mol. The molecule has 0 atom stereocenters. The zero-order valence-electron chi connectivity index (χ0n) is 9.35. The summed E-state index contributed by atoms with van der Waals surface area (Å²) in [5.74, 6) is 0. The summed E-state index contributed by atoms with van der Waals surface area (Å²) in [6, 6.07) is 1.86. The van der Waals surface area contributed by atoms with Crippen molar-refractivity contribution in [1.82, 2.24) is 15.0 Å². The molecule has 1 aromatic heterocycles. The second-order valence-electron chi connectivity index (χ2n) is 3.57. The smallest absolute Gasteiger partial charge is 0.351 e. The normalized spacial score (nSPS) is 11.3. The summed E-state index contributed by atoms with van der Waals surface area (Å²) < 4.78 is 39.0. The number of benzene rings is 1. The zero-order chi connectivity index (χ0) is 14.0. The number of aromatic nitrogens is 3. The zero-order valence-corrected chi connectivity index (χ0v) is 9.35. The van der Waals surface area contributed by atoms with Crippen LogP contribution in [0.5, 0.6) is 0 Å². The Hall–Kier alpha value is -2.58. The number of rotatable bonds is 2. The van der Waals surface area contributed by atoms with Crippen LogP contribution in [0.2, 0.25) is 0 Å². The van der Waals surface area contributed by atoms with Gasteiger partial charge in [-0.1, -0.05) is 5.21 Å². The maximum Gasteiger partial charge on any atom is 0.416 e. The van der Waals surface area contributed by atoms with Gasteiger partial charge in [-0.3, -0.25) is 0 Å². The van der Waals surface area contributed by atoms with Crippen LogP contribution in [0.25, 0.3) is 5.69 Å². The van der Waals surface area contributed by atoms with Crippen molar-refractivity contribution < 1.29 is 18.0 Å². The van der Waals surface area contributed by atoms with Crippen molar-refractivity contribution in [1.29, 1.82) is 0 Å². The molecule has 0 aliphatic rings. The number of primary amides is 1. The minimum absolute atomic E-state index is 0.104. The number of hydrogen-bond acceptors (Lipinski definition) is 3. The van der Waals surface area contributed by atoms with E-state index >= 15 is 0 Å². The third kappa shape index (κ3) is 2.81. The molecule has 2 rings (SSSR count). The number of urea groups is 1. The predicted octanol–water partition coefficient (Wildman–Crippen LogP) is 1.78. The highest BCUT2D eigenvalue weighted by atomic mass is 19.4. The fraction of sp³-hybridized carbons (Fsp3) is 0.100. The lowest BCUT2D eigenvalue weighted by atomic mass is 10.1. The van der Waals surface area contributed by atoms with E-state index in [1.807, 2.05) is 0 Å². The van der Waals surface area contributed by atoms with Crippen molar-refractivity contribution in [2.24, 2.45) is 5.73 Å². The van der Waals surface area contributed by atoms with E-state index in [4.69, 9.17) is 5.73 Å². The van der Waals surface area contributed by atoms with Gasteiger partial charge in [-0.05, 0) is 18.2 Å². The topological polar surface area (TPSA) is 85.8 Å². The molecule has 0 fully saturated rings. The lowest BCUT2D eigenvalue weighted by Gasteiger charge is -2.13. The minimum Gasteiger partial charge on any atom is -0.351 e.